The van der Waals surface area contributed by atoms with Crippen molar-refractivity contribution in [1.82, 2.24) is 0 Å². The number of hydrogen-bond acceptors (Lipinski definition) is 3. The first-order valence-corrected chi connectivity index (χ1v) is 4.62. The summed E-state index contributed by atoms with van der Waals surface area (Å²) in [7, 11) is 0. The number of amidine groups is 1. The van der Waals surface area contributed by atoms with E-state index in [0.29, 0.717) is 0 Å². The van der Waals surface area contributed by atoms with Crippen LogP contribution in [0, 0.1) is 27.6 Å². The van der Waals surface area contributed by atoms with Crippen LogP contribution in [0.15, 0.2) is 11.1 Å². The Labute approximate surface area is 97.8 Å². The summed E-state index contributed by atoms with van der Waals surface area (Å²) in [5, 5.41) is 10.5. The molecule has 0 amide bonds. The van der Waals surface area contributed by atoms with Crippen molar-refractivity contribution in [2.45, 2.75) is 0 Å². The number of nitrogens with two attached hydrogens (primary N) is 1. The van der Waals surface area contributed by atoms with Gasteiger partial charge in [0.25, 0.3) is 0 Å². The van der Waals surface area contributed by atoms with Crippen LogP contribution in [0.5, 0.6) is 0 Å². The van der Waals surface area contributed by atoms with Crippen LogP contribution in [0.1, 0.15) is 0 Å². The Hall–Kier alpha value is -1.83. The molecule has 92 valence electrons. The van der Waals surface area contributed by atoms with Crippen LogP contribution < -0.4 is 5.73 Å². The number of nitro benzene ring substituents is 1. The van der Waals surface area contributed by atoms with Gasteiger partial charge in [-0.2, -0.15) is 0 Å². The Balaban J connectivity index is 3.55. The van der Waals surface area contributed by atoms with Crippen LogP contribution in [0.25, 0.3) is 0 Å². The zero-order chi connectivity index (χ0) is 13.2. The largest absolute Gasteiger partial charge is 0.386 e. The topological polar surface area (TPSA) is 81.5 Å². The van der Waals surface area contributed by atoms with Gasteiger partial charge in [-0.15, -0.1) is 11.6 Å². The fourth-order valence-corrected chi connectivity index (χ4v) is 1.05. The van der Waals surface area contributed by atoms with E-state index >= 15 is 0 Å². The van der Waals surface area contributed by atoms with E-state index in [1.807, 2.05) is 0 Å². The number of halogens is 4. The Morgan fingerprint density at radius 3 is 2.53 bits per heavy atom. The van der Waals surface area contributed by atoms with Crippen LogP contribution >= 0.6 is 11.6 Å². The summed E-state index contributed by atoms with van der Waals surface area (Å²) >= 11 is 5.24. The van der Waals surface area contributed by atoms with Crippen molar-refractivity contribution >= 4 is 28.8 Å². The lowest BCUT2D eigenvalue weighted by molar-refractivity contribution is -0.384. The van der Waals surface area contributed by atoms with Gasteiger partial charge in [-0.25, -0.2) is 18.2 Å². The molecule has 0 aliphatic heterocycles. The first-order valence-electron chi connectivity index (χ1n) is 4.09. The summed E-state index contributed by atoms with van der Waals surface area (Å²) in [5.74, 6) is -6.03. The molecule has 0 aliphatic rings. The molecule has 9 heteroatoms. The standard InChI is InChI=1S/C8H5ClF3N3O2/c9-2-5(13)14-8-4(15(16)17)1-3(10)6(11)7(8)12/h1H,2H2,(H2,13,14). The third-order valence-electron chi connectivity index (χ3n) is 1.71. The van der Waals surface area contributed by atoms with E-state index in [1.165, 1.54) is 0 Å². The molecule has 1 aromatic carbocycles. The maximum atomic E-state index is 13.3. The van der Waals surface area contributed by atoms with Crippen molar-refractivity contribution in [2.24, 2.45) is 10.7 Å². The number of nitrogens with zero attached hydrogens (tertiary/aromatic N) is 2. The Kier molecular flexibility index (Phi) is 3.89. The zero-order valence-electron chi connectivity index (χ0n) is 8.08. The number of nitro groups is 1. The zero-order valence-corrected chi connectivity index (χ0v) is 8.84. The second-order valence-electron chi connectivity index (χ2n) is 2.85. The van der Waals surface area contributed by atoms with Gasteiger partial charge in [0.2, 0.25) is 0 Å². The molecule has 0 fully saturated rings. The molecule has 0 spiro atoms. The Morgan fingerprint density at radius 2 is 2.06 bits per heavy atom. The van der Waals surface area contributed by atoms with E-state index in [4.69, 9.17) is 17.3 Å². The first kappa shape index (κ1) is 13.2. The van der Waals surface area contributed by atoms with E-state index < -0.39 is 33.7 Å². The maximum Gasteiger partial charge on any atom is 0.301 e. The van der Waals surface area contributed by atoms with Gasteiger partial charge in [0.05, 0.1) is 16.9 Å². The number of hydrogen-bond donors (Lipinski definition) is 1. The maximum absolute atomic E-state index is 13.3. The molecule has 0 aliphatic carbocycles. The molecule has 0 heterocycles. The van der Waals surface area contributed by atoms with Gasteiger partial charge in [-0.05, 0) is 0 Å². The molecule has 2 N–H and O–H groups in total. The minimum Gasteiger partial charge on any atom is -0.386 e. The number of benzene rings is 1. The van der Waals surface area contributed by atoms with Gasteiger partial charge in [0.1, 0.15) is 5.84 Å². The van der Waals surface area contributed by atoms with E-state index in [1.54, 1.807) is 0 Å². The average Bonchev–Trinajstić information content (AvgIpc) is 2.28. The number of rotatable bonds is 3. The van der Waals surface area contributed by atoms with Crippen molar-refractivity contribution in [3.05, 3.63) is 33.6 Å². The van der Waals surface area contributed by atoms with Crippen molar-refractivity contribution in [3.8, 4) is 0 Å². The van der Waals surface area contributed by atoms with Gasteiger partial charge in [-0.3, -0.25) is 10.1 Å². The van der Waals surface area contributed by atoms with Gasteiger partial charge in [-0.1, -0.05) is 0 Å². The van der Waals surface area contributed by atoms with Gasteiger partial charge >= 0.3 is 5.69 Å². The summed E-state index contributed by atoms with van der Waals surface area (Å²) in [6.45, 7) is 0. The summed E-state index contributed by atoms with van der Waals surface area (Å²) < 4.78 is 38.9. The van der Waals surface area contributed by atoms with Crippen LogP contribution in [0.4, 0.5) is 24.5 Å². The van der Waals surface area contributed by atoms with Gasteiger partial charge in [0.15, 0.2) is 23.1 Å². The lowest BCUT2D eigenvalue weighted by atomic mass is 10.2. The second-order valence-corrected chi connectivity index (χ2v) is 3.12. The van der Waals surface area contributed by atoms with Gasteiger partial charge in [0, 0.05) is 0 Å². The van der Waals surface area contributed by atoms with Gasteiger partial charge < -0.3 is 5.73 Å². The summed E-state index contributed by atoms with van der Waals surface area (Å²) in [6.07, 6.45) is 0. The molecule has 0 aromatic heterocycles. The monoisotopic (exact) mass is 267 g/mol. The Morgan fingerprint density at radius 1 is 1.47 bits per heavy atom. The molecule has 0 radical (unpaired) electrons. The highest BCUT2D eigenvalue weighted by molar-refractivity contribution is 6.28. The first-order chi connectivity index (χ1) is 7.88. The molecular formula is C8H5ClF3N3O2. The van der Waals surface area contributed by atoms with E-state index in [9.17, 15) is 23.3 Å². The van der Waals surface area contributed by atoms with Crippen LogP contribution in [-0.4, -0.2) is 16.6 Å². The predicted molar refractivity (Wildman–Crippen MR) is 55.0 cm³/mol. The highest BCUT2D eigenvalue weighted by atomic mass is 35.5. The lowest BCUT2D eigenvalue weighted by Crippen LogP contribution is -2.13. The fourth-order valence-electron chi connectivity index (χ4n) is 0.992. The molecule has 0 saturated heterocycles. The van der Waals surface area contributed by atoms with E-state index in [-0.39, 0.29) is 17.8 Å². The second kappa shape index (κ2) is 5.00. The fraction of sp³-hybridized carbons (Fsp3) is 0.125. The SMILES string of the molecule is NC(CCl)=Nc1c([N+](=O)[O-])cc(F)c(F)c1F. The molecule has 17 heavy (non-hydrogen) atoms. The molecule has 0 bridgehead atoms. The molecule has 1 aromatic rings. The molecular weight excluding hydrogens is 263 g/mol. The number of aliphatic imine (C=N–C) groups is 1. The minimum absolute atomic E-state index is 0.221. The summed E-state index contributed by atoms with van der Waals surface area (Å²) in [4.78, 5) is 12.6. The minimum atomic E-state index is -1.86. The summed E-state index contributed by atoms with van der Waals surface area (Å²) in [6, 6.07) is 0.221. The van der Waals surface area contributed by atoms with E-state index in [2.05, 4.69) is 4.99 Å². The average molecular weight is 268 g/mol. The van der Waals surface area contributed by atoms with Crippen molar-refractivity contribution in [1.29, 1.82) is 0 Å². The molecule has 5 nitrogen and oxygen atoms in total. The molecule has 1 rings (SSSR count). The molecule has 0 unspecified atom stereocenters. The van der Waals surface area contributed by atoms with E-state index in [0.717, 1.165) is 0 Å². The highest BCUT2D eigenvalue weighted by Crippen LogP contribution is 2.33. The third kappa shape index (κ3) is 2.64. The quantitative estimate of drug-likeness (QED) is 0.228. The summed E-state index contributed by atoms with van der Waals surface area (Å²) in [5.41, 5.74) is 3.12. The lowest BCUT2D eigenvalue weighted by Gasteiger charge is -2.02. The predicted octanol–water partition coefficient (Wildman–Crippen LogP) is 2.24. The van der Waals surface area contributed by atoms with Crippen molar-refractivity contribution in [3.63, 3.8) is 0 Å². The highest BCUT2D eigenvalue weighted by Gasteiger charge is 2.25. The molecule has 0 atom stereocenters. The van der Waals surface area contributed by atoms with Crippen LogP contribution in [-0.2, 0) is 0 Å². The van der Waals surface area contributed by atoms with Crippen molar-refractivity contribution < 1.29 is 18.1 Å². The third-order valence-corrected chi connectivity index (χ3v) is 1.98. The number of alkyl halides is 1. The van der Waals surface area contributed by atoms with Crippen LogP contribution in [0.3, 0.4) is 0 Å². The Bertz CT molecular complexity index is 507. The molecule has 0 saturated carbocycles. The van der Waals surface area contributed by atoms with Crippen LogP contribution in [0.2, 0.25) is 0 Å². The normalized spacial score (nSPS) is 11.6. The van der Waals surface area contributed by atoms with Crippen molar-refractivity contribution in [2.75, 3.05) is 5.88 Å². The smallest absolute Gasteiger partial charge is 0.301 e.